The van der Waals surface area contributed by atoms with Crippen molar-refractivity contribution in [1.82, 2.24) is 5.32 Å². The van der Waals surface area contributed by atoms with E-state index in [0.717, 1.165) is 6.42 Å². The summed E-state index contributed by atoms with van der Waals surface area (Å²) in [4.78, 5) is 27.4. The Bertz CT molecular complexity index is 646. The molecule has 0 radical (unpaired) electrons. The fourth-order valence-corrected chi connectivity index (χ4v) is 3.75. The Morgan fingerprint density at radius 2 is 2.08 bits per heavy atom. The van der Waals surface area contributed by atoms with Gasteiger partial charge in [0, 0.05) is 26.3 Å². The van der Waals surface area contributed by atoms with Crippen LogP contribution in [0, 0.1) is 5.41 Å². The van der Waals surface area contributed by atoms with E-state index in [1.165, 1.54) is 0 Å². The van der Waals surface area contributed by atoms with Crippen LogP contribution in [0.2, 0.25) is 5.02 Å². The van der Waals surface area contributed by atoms with Crippen LogP contribution in [0.4, 0.5) is 5.69 Å². The molecule has 1 aromatic carbocycles. The maximum absolute atomic E-state index is 12.9. The number of carbonyl (C=O) groups is 2. The molecule has 7 heteroatoms. The summed E-state index contributed by atoms with van der Waals surface area (Å²) in [7, 11) is 0. The number of ether oxygens (including phenoxy) is 1. The molecule has 2 aliphatic heterocycles. The van der Waals surface area contributed by atoms with Crippen molar-refractivity contribution in [2.24, 2.45) is 11.1 Å². The topological polar surface area (TPSA) is 84.7 Å². The van der Waals surface area contributed by atoms with E-state index in [1.807, 2.05) is 18.2 Å². The molecule has 136 valence electrons. The van der Waals surface area contributed by atoms with Gasteiger partial charge in [0.2, 0.25) is 11.8 Å². The Morgan fingerprint density at radius 3 is 2.76 bits per heavy atom. The lowest BCUT2D eigenvalue weighted by Gasteiger charge is -2.38. The molecule has 1 aromatic rings. The van der Waals surface area contributed by atoms with Crippen molar-refractivity contribution in [2.45, 2.75) is 31.7 Å². The summed E-state index contributed by atoms with van der Waals surface area (Å²) in [6, 6.07) is 6.73. The van der Waals surface area contributed by atoms with Crippen LogP contribution in [-0.2, 0) is 14.3 Å². The first-order chi connectivity index (χ1) is 12.1. The minimum Gasteiger partial charge on any atom is -0.381 e. The maximum Gasteiger partial charge on any atom is 0.249 e. The highest BCUT2D eigenvalue weighted by Gasteiger charge is 2.41. The van der Waals surface area contributed by atoms with Crippen LogP contribution in [0.3, 0.4) is 0 Å². The van der Waals surface area contributed by atoms with Crippen LogP contribution in [0.1, 0.15) is 25.7 Å². The summed E-state index contributed by atoms with van der Waals surface area (Å²) in [5.74, 6) is -0.260. The number of hydrogen-bond acceptors (Lipinski definition) is 4. The second-order valence-corrected chi connectivity index (χ2v) is 7.11. The highest BCUT2D eigenvalue weighted by atomic mass is 35.5. The smallest absolute Gasteiger partial charge is 0.249 e. The van der Waals surface area contributed by atoms with E-state index in [0.29, 0.717) is 49.7 Å². The van der Waals surface area contributed by atoms with Crippen LogP contribution in [0.15, 0.2) is 24.3 Å². The Morgan fingerprint density at radius 1 is 1.36 bits per heavy atom. The van der Waals surface area contributed by atoms with Crippen molar-refractivity contribution < 1.29 is 14.3 Å². The molecular formula is C18H24ClN3O3. The molecule has 0 spiro atoms. The third-order valence-corrected chi connectivity index (χ3v) is 5.53. The van der Waals surface area contributed by atoms with Gasteiger partial charge >= 0.3 is 0 Å². The van der Waals surface area contributed by atoms with Crippen LogP contribution in [-0.4, -0.2) is 44.2 Å². The number of nitrogens with one attached hydrogen (secondary N) is 1. The van der Waals surface area contributed by atoms with E-state index in [1.54, 1.807) is 11.0 Å². The number of para-hydroxylation sites is 1. The van der Waals surface area contributed by atoms with Crippen LogP contribution >= 0.6 is 11.6 Å². The van der Waals surface area contributed by atoms with Crippen molar-refractivity contribution in [3.8, 4) is 0 Å². The third-order valence-electron chi connectivity index (χ3n) is 5.21. The summed E-state index contributed by atoms with van der Waals surface area (Å²) >= 11 is 6.23. The fraction of sp³-hybridized carbons (Fsp3) is 0.556. The Hall–Kier alpha value is -1.63. The first-order valence-electron chi connectivity index (χ1n) is 8.72. The number of piperidine rings is 1. The number of nitrogens with zero attached hydrogens (tertiary/aromatic N) is 1. The molecular weight excluding hydrogens is 342 g/mol. The number of nitrogens with two attached hydrogens (primary N) is 1. The molecule has 2 fully saturated rings. The molecule has 25 heavy (non-hydrogen) atoms. The lowest BCUT2D eigenvalue weighted by atomic mass is 9.79. The van der Waals surface area contributed by atoms with E-state index >= 15 is 0 Å². The lowest BCUT2D eigenvalue weighted by molar-refractivity contribution is -0.139. The summed E-state index contributed by atoms with van der Waals surface area (Å²) in [6.07, 6.45) is 2.61. The predicted octanol–water partition coefficient (Wildman–Crippen LogP) is 1.71. The maximum atomic E-state index is 12.9. The molecule has 0 aliphatic carbocycles. The van der Waals surface area contributed by atoms with Gasteiger partial charge in [0.15, 0.2) is 0 Å². The number of rotatable bonds is 4. The molecule has 3 rings (SSSR count). The highest BCUT2D eigenvalue weighted by Crippen LogP contribution is 2.31. The number of hydrogen-bond donors (Lipinski definition) is 2. The number of anilines is 1. The van der Waals surface area contributed by atoms with E-state index in [-0.39, 0.29) is 18.4 Å². The number of carbonyl (C=O) groups excluding carboxylic acids is 2. The van der Waals surface area contributed by atoms with E-state index in [9.17, 15) is 9.59 Å². The molecule has 6 nitrogen and oxygen atoms in total. The molecule has 1 atom stereocenters. The normalized spacial score (nSPS) is 23.4. The molecule has 3 N–H and O–H groups in total. The standard InChI is InChI=1S/C18H24ClN3O3/c19-13-4-1-2-6-15(13)22-9-3-5-14(16(22)23)21-17(24)18(12-20)7-10-25-11-8-18/h1-2,4,6,14H,3,5,7-12,20H2,(H,21,24). The van der Waals surface area contributed by atoms with Crippen LogP contribution in [0.25, 0.3) is 0 Å². The van der Waals surface area contributed by atoms with Gasteiger partial charge in [-0.15, -0.1) is 0 Å². The van der Waals surface area contributed by atoms with Gasteiger partial charge in [-0.1, -0.05) is 23.7 Å². The van der Waals surface area contributed by atoms with Gasteiger partial charge in [-0.05, 0) is 37.8 Å². The summed E-state index contributed by atoms with van der Waals surface area (Å²) in [5.41, 5.74) is 5.94. The van der Waals surface area contributed by atoms with Gasteiger partial charge in [-0.25, -0.2) is 0 Å². The van der Waals surface area contributed by atoms with Gasteiger partial charge in [-0.2, -0.15) is 0 Å². The first-order valence-corrected chi connectivity index (χ1v) is 9.10. The third kappa shape index (κ3) is 3.66. The minimum atomic E-state index is -0.634. The first kappa shape index (κ1) is 18.2. The van der Waals surface area contributed by atoms with Crippen molar-refractivity contribution in [3.63, 3.8) is 0 Å². The Labute approximate surface area is 152 Å². The number of benzene rings is 1. The largest absolute Gasteiger partial charge is 0.381 e. The Balaban J connectivity index is 1.73. The lowest BCUT2D eigenvalue weighted by Crippen LogP contribution is -2.57. The van der Waals surface area contributed by atoms with Gasteiger partial charge in [0.1, 0.15) is 6.04 Å². The van der Waals surface area contributed by atoms with E-state index < -0.39 is 11.5 Å². The fourth-order valence-electron chi connectivity index (χ4n) is 3.52. The molecule has 0 saturated carbocycles. The predicted molar refractivity (Wildman–Crippen MR) is 96.5 cm³/mol. The summed E-state index contributed by atoms with van der Waals surface area (Å²) < 4.78 is 5.35. The van der Waals surface area contributed by atoms with Crippen LogP contribution < -0.4 is 16.0 Å². The van der Waals surface area contributed by atoms with Crippen molar-refractivity contribution in [2.75, 3.05) is 31.2 Å². The number of amides is 2. The van der Waals surface area contributed by atoms with Gasteiger partial charge < -0.3 is 20.7 Å². The molecule has 0 bridgehead atoms. The zero-order valence-electron chi connectivity index (χ0n) is 14.2. The second-order valence-electron chi connectivity index (χ2n) is 6.71. The summed E-state index contributed by atoms with van der Waals surface area (Å²) in [5, 5.41) is 3.47. The average Bonchev–Trinajstić information content (AvgIpc) is 2.64. The second kappa shape index (κ2) is 7.72. The Kier molecular flexibility index (Phi) is 5.61. The van der Waals surface area contributed by atoms with Gasteiger partial charge in [-0.3, -0.25) is 9.59 Å². The van der Waals surface area contributed by atoms with Gasteiger partial charge in [0.25, 0.3) is 0 Å². The summed E-state index contributed by atoms with van der Waals surface area (Å²) in [6.45, 7) is 1.91. The average molecular weight is 366 g/mol. The van der Waals surface area contributed by atoms with Gasteiger partial charge in [0.05, 0.1) is 16.1 Å². The van der Waals surface area contributed by atoms with Crippen molar-refractivity contribution >= 4 is 29.1 Å². The van der Waals surface area contributed by atoms with E-state index in [2.05, 4.69) is 5.32 Å². The monoisotopic (exact) mass is 365 g/mol. The molecule has 2 saturated heterocycles. The highest BCUT2D eigenvalue weighted by molar-refractivity contribution is 6.33. The molecule has 2 heterocycles. The molecule has 1 unspecified atom stereocenters. The molecule has 2 amide bonds. The SMILES string of the molecule is NCC1(C(=O)NC2CCCN(c3ccccc3Cl)C2=O)CCOCC1. The molecule has 2 aliphatic rings. The van der Waals surface area contributed by atoms with Crippen LogP contribution in [0.5, 0.6) is 0 Å². The minimum absolute atomic E-state index is 0.119. The van der Waals surface area contributed by atoms with E-state index in [4.69, 9.17) is 22.1 Å². The van der Waals surface area contributed by atoms with Crippen molar-refractivity contribution in [1.29, 1.82) is 0 Å². The van der Waals surface area contributed by atoms with Crippen molar-refractivity contribution in [3.05, 3.63) is 29.3 Å². The number of halogens is 1. The quantitative estimate of drug-likeness (QED) is 0.850. The zero-order valence-corrected chi connectivity index (χ0v) is 14.9. The zero-order chi connectivity index (χ0) is 17.9. The molecule has 0 aromatic heterocycles.